The minimum absolute atomic E-state index is 0.0570. The van der Waals surface area contributed by atoms with Gasteiger partial charge in [-0.1, -0.05) is 6.92 Å². The van der Waals surface area contributed by atoms with E-state index in [1.807, 2.05) is 13.8 Å². The van der Waals surface area contributed by atoms with Gasteiger partial charge in [-0.3, -0.25) is 4.79 Å². The Labute approximate surface area is 94.7 Å². The first-order valence-corrected chi connectivity index (χ1v) is 5.23. The molecule has 0 unspecified atom stereocenters. The van der Waals surface area contributed by atoms with Crippen LogP contribution in [-0.4, -0.2) is 29.0 Å². The number of aryl methyl sites for hydroxylation is 1. The van der Waals surface area contributed by atoms with E-state index in [1.54, 1.807) is 6.20 Å². The van der Waals surface area contributed by atoms with Gasteiger partial charge in [-0.05, 0) is 13.3 Å². The predicted molar refractivity (Wildman–Crippen MR) is 63.0 cm³/mol. The molecule has 1 amide bonds. The van der Waals surface area contributed by atoms with Gasteiger partial charge in [0, 0.05) is 18.3 Å². The van der Waals surface area contributed by atoms with Crippen LogP contribution in [0.5, 0.6) is 0 Å². The molecule has 0 spiro atoms. The van der Waals surface area contributed by atoms with Gasteiger partial charge >= 0.3 is 0 Å². The molecule has 1 aromatic rings. The number of nitrogens with zero attached hydrogens (tertiary/aromatic N) is 2. The molecule has 6 nitrogen and oxygen atoms in total. The standard InChI is InChI=1S/C10H17N5O/c1-3-4-12-8(16)6-13-9-7(2)5-14-10(11)15-9/h5H,3-4,6H2,1-2H3,(H,12,16)(H3,11,13,14,15). The van der Waals surface area contributed by atoms with E-state index in [-0.39, 0.29) is 18.4 Å². The molecule has 0 atom stereocenters. The Bertz CT molecular complexity index is 366. The van der Waals surface area contributed by atoms with Gasteiger partial charge in [0.05, 0.1) is 6.54 Å². The topological polar surface area (TPSA) is 92.9 Å². The molecular weight excluding hydrogens is 206 g/mol. The van der Waals surface area contributed by atoms with E-state index in [4.69, 9.17) is 5.73 Å². The lowest BCUT2D eigenvalue weighted by Gasteiger charge is -2.08. The summed E-state index contributed by atoms with van der Waals surface area (Å²) in [7, 11) is 0. The number of hydrogen-bond acceptors (Lipinski definition) is 5. The van der Waals surface area contributed by atoms with Gasteiger partial charge in [-0.15, -0.1) is 0 Å². The van der Waals surface area contributed by atoms with Crippen molar-refractivity contribution in [3.8, 4) is 0 Å². The number of aromatic nitrogens is 2. The van der Waals surface area contributed by atoms with Crippen molar-refractivity contribution in [3.05, 3.63) is 11.8 Å². The van der Waals surface area contributed by atoms with Crippen molar-refractivity contribution in [2.75, 3.05) is 24.1 Å². The van der Waals surface area contributed by atoms with Crippen molar-refractivity contribution in [2.45, 2.75) is 20.3 Å². The van der Waals surface area contributed by atoms with E-state index >= 15 is 0 Å². The first kappa shape index (κ1) is 12.2. The van der Waals surface area contributed by atoms with Crippen molar-refractivity contribution >= 4 is 17.7 Å². The van der Waals surface area contributed by atoms with Gasteiger partial charge in [-0.2, -0.15) is 4.98 Å². The Balaban J connectivity index is 2.47. The molecule has 0 aliphatic carbocycles. The fourth-order valence-corrected chi connectivity index (χ4v) is 1.13. The Morgan fingerprint density at radius 3 is 3.00 bits per heavy atom. The molecule has 88 valence electrons. The molecular formula is C10H17N5O. The number of anilines is 2. The summed E-state index contributed by atoms with van der Waals surface area (Å²) < 4.78 is 0. The van der Waals surface area contributed by atoms with Crippen LogP contribution in [0.4, 0.5) is 11.8 Å². The van der Waals surface area contributed by atoms with E-state index in [0.29, 0.717) is 12.4 Å². The van der Waals surface area contributed by atoms with Gasteiger partial charge in [0.15, 0.2) is 0 Å². The number of amides is 1. The van der Waals surface area contributed by atoms with Crippen LogP contribution in [0.25, 0.3) is 0 Å². The van der Waals surface area contributed by atoms with Crippen LogP contribution in [0.3, 0.4) is 0 Å². The highest BCUT2D eigenvalue weighted by Gasteiger charge is 2.04. The van der Waals surface area contributed by atoms with E-state index in [0.717, 1.165) is 12.0 Å². The van der Waals surface area contributed by atoms with E-state index < -0.39 is 0 Å². The van der Waals surface area contributed by atoms with Crippen molar-refractivity contribution < 1.29 is 4.79 Å². The molecule has 0 fully saturated rings. The predicted octanol–water partition coefficient (Wildman–Crippen LogP) is 0.305. The zero-order chi connectivity index (χ0) is 12.0. The third-order valence-corrected chi connectivity index (χ3v) is 1.98. The number of nitrogens with two attached hydrogens (primary N) is 1. The van der Waals surface area contributed by atoms with Gasteiger partial charge in [0.2, 0.25) is 11.9 Å². The maximum absolute atomic E-state index is 11.3. The van der Waals surface area contributed by atoms with Crippen LogP contribution in [0.2, 0.25) is 0 Å². The Morgan fingerprint density at radius 1 is 1.56 bits per heavy atom. The number of carbonyl (C=O) groups is 1. The lowest BCUT2D eigenvalue weighted by molar-refractivity contribution is -0.119. The van der Waals surface area contributed by atoms with Crippen LogP contribution < -0.4 is 16.4 Å². The maximum Gasteiger partial charge on any atom is 0.239 e. The number of rotatable bonds is 5. The first-order valence-electron chi connectivity index (χ1n) is 5.23. The third kappa shape index (κ3) is 3.72. The molecule has 1 rings (SSSR count). The molecule has 4 N–H and O–H groups in total. The number of nitrogens with one attached hydrogen (secondary N) is 2. The zero-order valence-corrected chi connectivity index (χ0v) is 9.58. The number of carbonyl (C=O) groups excluding carboxylic acids is 1. The summed E-state index contributed by atoms with van der Waals surface area (Å²) >= 11 is 0. The van der Waals surface area contributed by atoms with Crippen molar-refractivity contribution in [1.29, 1.82) is 0 Å². The Hall–Kier alpha value is -1.85. The average Bonchev–Trinajstić information content (AvgIpc) is 2.27. The third-order valence-electron chi connectivity index (χ3n) is 1.98. The second-order valence-electron chi connectivity index (χ2n) is 3.46. The van der Waals surface area contributed by atoms with Gasteiger partial charge in [-0.25, -0.2) is 4.98 Å². The minimum Gasteiger partial charge on any atom is -0.368 e. The molecule has 1 heterocycles. The van der Waals surface area contributed by atoms with Crippen molar-refractivity contribution in [3.63, 3.8) is 0 Å². The summed E-state index contributed by atoms with van der Waals surface area (Å²) in [6.07, 6.45) is 2.54. The van der Waals surface area contributed by atoms with Crippen LogP contribution in [0.1, 0.15) is 18.9 Å². The van der Waals surface area contributed by atoms with E-state index in [9.17, 15) is 4.79 Å². The molecule has 1 aromatic heterocycles. The van der Waals surface area contributed by atoms with Crippen LogP contribution in [0.15, 0.2) is 6.20 Å². The summed E-state index contributed by atoms with van der Waals surface area (Å²) in [6.45, 7) is 4.73. The Kier molecular flexibility index (Phi) is 4.50. The molecule has 6 heteroatoms. The fraction of sp³-hybridized carbons (Fsp3) is 0.500. The molecule has 0 saturated carbocycles. The molecule has 0 aromatic carbocycles. The Morgan fingerprint density at radius 2 is 2.31 bits per heavy atom. The second-order valence-corrected chi connectivity index (χ2v) is 3.46. The summed E-state index contributed by atoms with van der Waals surface area (Å²) in [5.41, 5.74) is 6.31. The van der Waals surface area contributed by atoms with Gasteiger partial charge in [0.1, 0.15) is 5.82 Å². The lowest BCUT2D eigenvalue weighted by Crippen LogP contribution is -2.30. The second kappa shape index (κ2) is 5.89. The molecule has 16 heavy (non-hydrogen) atoms. The van der Waals surface area contributed by atoms with Crippen molar-refractivity contribution in [1.82, 2.24) is 15.3 Å². The molecule has 0 saturated heterocycles. The number of hydrogen-bond donors (Lipinski definition) is 3. The summed E-state index contributed by atoms with van der Waals surface area (Å²) in [4.78, 5) is 19.2. The normalized spacial score (nSPS) is 9.88. The zero-order valence-electron chi connectivity index (χ0n) is 9.58. The average molecular weight is 223 g/mol. The van der Waals surface area contributed by atoms with Gasteiger partial charge < -0.3 is 16.4 Å². The highest BCUT2D eigenvalue weighted by Crippen LogP contribution is 2.09. The molecule has 0 radical (unpaired) electrons. The van der Waals surface area contributed by atoms with Crippen molar-refractivity contribution in [2.24, 2.45) is 0 Å². The monoisotopic (exact) mass is 223 g/mol. The fourth-order valence-electron chi connectivity index (χ4n) is 1.13. The quantitative estimate of drug-likeness (QED) is 0.668. The van der Waals surface area contributed by atoms with E-state index in [1.165, 1.54) is 0 Å². The summed E-state index contributed by atoms with van der Waals surface area (Å²) in [5.74, 6) is 0.736. The van der Waals surface area contributed by atoms with E-state index in [2.05, 4.69) is 20.6 Å². The molecule has 0 aliphatic rings. The van der Waals surface area contributed by atoms with Gasteiger partial charge in [0.25, 0.3) is 0 Å². The first-order chi connectivity index (χ1) is 7.63. The largest absolute Gasteiger partial charge is 0.368 e. The summed E-state index contributed by atoms with van der Waals surface area (Å²) in [5, 5.41) is 5.68. The molecule has 0 aliphatic heterocycles. The van der Waals surface area contributed by atoms with Crippen LogP contribution in [-0.2, 0) is 4.79 Å². The number of nitrogen functional groups attached to an aromatic ring is 1. The summed E-state index contributed by atoms with van der Waals surface area (Å²) in [6, 6.07) is 0. The maximum atomic E-state index is 11.3. The highest BCUT2D eigenvalue weighted by molar-refractivity contribution is 5.80. The van der Waals surface area contributed by atoms with Crippen LogP contribution >= 0.6 is 0 Å². The minimum atomic E-state index is -0.0570. The lowest BCUT2D eigenvalue weighted by atomic mass is 10.3. The smallest absolute Gasteiger partial charge is 0.239 e. The van der Waals surface area contributed by atoms with Crippen LogP contribution in [0, 0.1) is 6.92 Å². The molecule has 0 bridgehead atoms. The SMILES string of the molecule is CCCNC(=O)CNc1nc(N)ncc1C. The highest BCUT2D eigenvalue weighted by atomic mass is 16.1.